The van der Waals surface area contributed by atoms with Crippen molar-refractivity contribution in [1.82, 2.24) is 4.98 Å². The Morgan fingerprint density at radius 1 is 1.69 bits per heavy atom. The van der Waals surface area contributed by atoms with E-state index in [1.54, 1.807) is 18.5 Å². The zero-order chi connectivity index (χ0) is 9.84. The predicted octanol–water partition coefficient (Wildman–Crippen LogP) is 1.56. The first-order chi connectivity index (χ1) is 6.13. The van der Waals surface area contributed by atoms with Crippen LogP contribution in [0.15, 0.2) is 16.7 Å². The maximum atomic E-state index is 10.9. The van der Waals surface area contributed by atoms with E-state index in [0.717, 1.165) is 4.47 Å². The lowest BCUT2D eigenvalue weighted by Gasteiger charge is -2.10. The minimum Gasteiger partial charge on any atom is -0.593 e. The zero-order valence-corrected chi connectivity index (χ0v) is 9.61. The molecule has 0 amide bonds. The van der Waals surface area contributed by atoms with Gasteiger partial charge in [-0.2, -0.15) is 0 Å². The molecule has 1 N–H and O–H groups in total. The molecule has 0 saturated carbocycles. The fourth-order valence-corrected chi connectivity index (χ4v) is 1.60. The van der Waals surface area contributed by atoms with Crippen LogP contribution >= 0.6 is 15.9 Å². The number of pyridine rings is 1. The molecule has 0 bridgehead atoms. The van der Waals surface area contributed by atoms with Crippen molar-refractivity contribution >= 4 is 33.0 Å². The molecule has 72 valence electrons. The highest BCUT2D eigenvalue weighted by Crippen LogP contribution is 2.25. The second-order valence-electron chi connectivity index (χ2n) is 2.27. The molecule has 1 aromatic rings. The summed E-state index contributed by atoms with van der Waals surface area (Å²) < 4.78 is 19.4. The van der Waals surface area contributed by atoms with Crippen LogP contribution in [-0.2, 0) is 11.4 Å². The standard InChI is InChI=1S/C7H9BrN2O2S/c1-12-7-6(10-13(2)11)3-5(8)4-9-7/h3-4,10H,1-2H3. The summed E-state index contributed by atoms with van der Waals surface area (Å²) in [6.07, 6.45) is 3.16. The Kier molecular flexibility index (Phi) is 3.83. The molecule has 1 aromatic heterocycles. The molecule has 4 nitrogen and oxygen atoms in total. The molecule has 0 saturated heterocycles. The number of aromatic nitrogens is 1. The summed E-state index contributed by atoms with van der Waals surface area (Å²) in [4.78, 5) is 3.98. The lowest BCUT2D eigenvalue weighted by atomic mass is 10.4. The topological polar surface area (TPSA) is 57.2 Å². The Labute approximate surface area is 88.1 Å². The van der Waals surface area contributed by atoms with E-state index in [1.165, 1.54) is 7.11 Å². The second kappa shape index (κ2) is 4.69. The van der Waals surface area contributed by atoms with Crippen molar-refractivity contribution in [1.29, 1.82) is 0 Å². The normalized spacial score (nSPS) is 12.3. The second-order valence-corrected chi connectivity index (χ2v) is 4.29. The van der Waals surface area contributed by atoms with Crippen LogP contribution < -0.4 is 9.46 Å². The molecule has 13 heavy (non-hydrogen) atoms. The van der Waals surface area contributed by atoms with Gasteiger partial charge in [0.25, 0.3) is 0 Å². The molecule has 0 aliphatic heterocycles. The number of ether oxygens (including phenoxy) is 1. The summed E-state index contributed by atoms with van der Waals surface area (Å²) in [6, 6.07) is 1.76. The highest BCUT2D eigenvalue weighted by Gasteiger charge is 2.08. The highest BCUT2D eigenvalue weighted by molar-refractivity contribution is 9.10. The van der Waals surface area contributed by atoms with E-state index in [-0.39, 0.29) is 0 Å². The van der Waals surface area contributed by atoms with E-state index in [4.69, 9.17) is 4.74 Å². The lowest BCUT2D eigenvalue weighted by Crippen LogP contribution is -2.11. The van der Waals surface area contributed by atoms with Crippen molar-refractivity contribution in [3.63, 3.8) is 0 Å². The van der Waals surface area contributed by atoms with Crippen LogP contribution in [-0.4, -0.2) is 22.9 Å². The minimum absolute atomic E-state index is 0.429. The highest BCUT2D eigenvalue weighted by atomic mass is 79.9. The Morgan fingerprint density at radius 2 is 2.38 bits per heavy atom. The van der Waals surface area contributed by atoms with Crippen LogP contribution in [0.25, 0.3) is 0 Å². The number of anilines is 1. The van der Waals surface area contributed by atoms with Crippen molar-refractivity contribution in [2.75, 3.05) is 18.1 Å². The third-order valence-corrected chi connectivity index (χ3v) is 2.21. The number of methoxy groups -OCH3 is 1. The number of hydrogen-bond acceptors (Lipinski definition) is 4. The third-order valence-electron chi connectivity index (χ3n) is 1.26. The van der Waals surface area contributed by atoms with Crippen LogP contribution in [0.3, 0.4) is 0 Å². The van der Waals surface area contributed by atoms with Crippen LogP contribution in [0.1, 0.15) is 0 Å². The van der Waals surface area contributed by atoms with Gasteiger partial charge < -0.3 is 9.29 Å². The molecule has 0 aromatic carbocycles. The van der Waals surface area contributed by atoms with Crippen LogP contribution in [0.4, 0.5) is 5.69 Å². The van der Waals surface area contributed by atoms with E-state index < -0.39 is 11.4 Å². The molecule has 0 radical (unpaired) electrons. The molecule has 1 rings (SSSR count). The lowest BCUT2D eigenvalue weighted by molar-refractivity contribution is 0.400. The van der Waals surface area contributed by atoms with Gasteiger partial charge in [0.05, 0.1) is 18.5 Å². The van der Waals surface area contributed by atoms with Gasteiger partial charge >= 0.3 is 0 Å². The van der Waals surface area contributed by atoms with Gasteiger partial charge in [0.1, 0.15) is 11.9 Å². The molecular formula is C7H9BrN2O2S. The Bertz CT molecular complexity index is 296. The molecule has 0 aliphatic rings. The van der Waals surface area contributed by atoms with Gasteiger partial charge in [-0.05, 0) is 22.0 Å². The van der Waals surface area contributed by atoms with Crippen molar-refractivity contribution in [3.8, 4) is 5.88 Å². The molecule has 0 fully saturated rings. The number of nitrogens with one attached hydrogen (secondary N) is 1. The fourth-order valence-electron chi connectivity index (χ4n) is 0.817. The van der Waals surface area contributed by atoms with E-state index >= 15 is 0 Å². The number of halogens is 1. The first-order valence-electron chi connectivity index (χ1n) is 3.43. The summed E-state index contributed by atoms with van der Waals surface area (Å²) in [6.45, 7) is 0. The maximum Gasteiger partial charge on any atom is 0.241 e. The molecule has 6 heteroatoms. The summed E-state index contributed by atoms with van der Waals surface area (Å²) in [5.74, 6) is 0.429. The zero-order valence-electron chi connectivity index (χ0n) is 7.20. The first-order valence-corrected chi connectivity index (χ1v) is 5.78. The first kappa shape index (κ1) is 10.6. The average Bonchev–Trinajstić information content (AvgIpc) is 2.03. The Balaban J connectivity index is 2.94. The summed E-state index contributed by atoms with van der Waals surface area (Å²) in [5.41, 5.74) is 0.609. The quantitative estimate of drug-likeness (QED) is 0.842. The number of hydrogen-bond donors (Lipinski definition) is 1. The van der Waals surface area contributed by atoms with Crippen LogP contribution in [0.2, 0.25) is 0 Å². The van der Waals surface area contributed by atoms with Gasteiger partial charge in [0.2, 0.25) is 5.88 Å². The van der Waals surface area contributed by atoms with Gasteiger partial charge in [-0.3, -0.25) is 0 Å². The Morgan fingerprint density at radius 3 is 2.92 bits per heavy atom. The molecule has 1 unspecified atom stereocenters. The summed E-state index contributed by atoms with van der Waals surface area (Å²) >= 11 is 2.13. The van der Waals surface area contributed by atoms with Crippen molar-refractivity contribution in [2.45, 2.75) is 0 Å². The van der Waals surface area contributed by atoms with Crippen molar-refractivity contribution < 1.29 is 9.29 Å². The van der Waals surface area contributed by atoms with Gasteiger partial charge in [-0.25, -0.2) is 9.71 Å². The summed E-state index contributed by atoms with van der Waals surface area (Å²) in [5, 5.41) is 0. The van der Waals surface area contributed by atoms with Gasteiger partial charge in [0, 0.05) is 10.7 Å². The van der Waals surface area contributed by atoms with Crippen molar-refractivity contribution in [2.24, 2.45) is 0 Å². The smallest absolute Gasteiger partial charge is 0.241 e. The molecule has 0 spiro atoms. The van der Waals surface area contributed by atoms with E-state index in [1.807, 2.05) is 0 Å². The number of rotatable bonds is 3. The Hall–Kier alpha value is -0.460. The van der Waals surface area contributed by atoms with Gasteiger partial charge in [-0.1, -0.05) is 0 Å². The van der Waals surface area contributed by atoms with Crippen LogP contribution in [0.5, 0.6) is 5.88 Å². The maximum absolute atomic E-state index is 10.9. The number of nitrogens with zero attached hydrogens (tertiary/aromatic N) is 1. The minimum atomic E-state index is -1.13. The summed E-state index contributed by atoms with van der Waals surface area (Å²) in [7, 11) is 1.51. The SMILES string of the molecule is COc1ncc(Br)cc1N[S+](C)[O-]. The van der Waals surface area contributed by atoms with Gasteiger partial charge in [0.15, 0.2) is 0 Å². The van der Waals surface area contributed by atoms with E-state index in [0.29, 0.717) is 11.6 Å². The third kappa shape index (κ3) is 3.06. The van der Waals surface area contributed by atoms with E-state index in [2.05, 4.69) is 25.6 Å². The molecular weight excluding hydrogens is 256 g/mol. The molecule has 1 atom stereocenters. The van der Waals surface area contributed by atoms with E-state index in [9.17, 15) is 4.55 Å². The molecule has 1 heterocycles. The fraction of sp³-hybridized carbons (Fsp3) is 0.286. The van der Waals surface area contributed by atoms with Crippen molar-refractivity contribution in [3.05, 3.63) is 16.7 Å². The largest absolute Gasteiger partial charge is 0.593 e. The predicted molar refractivity (Wildman–Crippen MR) is 56.2 cm³/mol. The van der Waals surface area contributed by atoms with Crippen LogP contribution in [0, 0.1) is 0 Å². The van der Waals surface area contributed by atoms with Gasteiger partial charge in [-0.15, -0.1) is 0 Å². The molecule has 0 aliphatic carbocycles. The monoisotopic (exact) mass is 264 g/mol. The average molecular weight is 265 g/mol.